The van der Waals surface area contributed by atoms with Gasteiger partial charge in [0.05, 0.1) is 7.11 Å². The van der Waals surface area contributed by atoms with Crippen molar-refractivity contribution >= 4 is 5.96 Å². The lowest BCUT2D eigenvalue weighted by atomic mass is 10.2. The van der Waals surface area contributed by atoms with Crippen LogP contribution in [0.2, 0.25) is 0 Å². The van der Waals surface area contributed by atoms with Crippen LogP contribution >= 0.6 is 0 Å². The van der Waals surface area contributed by atoms with Crippen molar-refractivity contribution in [2.75, 3.05) is 14.2 Å². The van der Waals surface area contributed by atoms with Gasteiger partial charge in [0, 0.05) is 19.6 Å². The van der Waals surface area contributed by atoms with Crippen LogP contribution in [0.1, 0.15) is 19.4 Å². The van der Waals surface area contributed by atoms with E-state index in [4.69, 9.17) is 10.5 Å². The molecule has 0 aromatic heterocycles. The highest BCUT2D eigenvalue weighted by molar-refractivity contribution is 5.77. The van der Waals surface area contributed by atoms with Crippen molar-refractivity contribution in [1.82, 2.24) is 4.90 Å². The lowest BCUT2D eigenvalue weighted by Gasteiger charge is -2.19. The predicted octanol–water partition coefficient (Wildman–Crippen LogP) is 1.85. The molecule has 1 rings (SSSR count). The molecule has 0 heterocycles. The van der Waals surface area contributed by atoms with Crippen LogP contribution in [-0.2, 0) is 6.54 Å². The van der Waals surface area contributed by atoms with E-state index in [0.29, 0.717) is 5.96 Å². The van der Waals surface area contributed by atoms with E-state index in [-0.39, 0.29) is 6.04 Å². The Hall–Kier alpha value is -1.71. The van der Waals surface area contributed by atoms with Crippen LogP contribution < -0.4 is 10.5 Å². The fraction of sp³-hybridized carbons (Fsp3) is 0.462. The third-order valence-corrected chi connectivity index (χ3v) is 2.36. The molecule has 0 saturated carbocycles. The maximum absolute atomic E-state index is 5.87. The molecule has 0 unspecified atom stereocenters. The standard InChI is InChI=1S/C13H21N3O/c1-10(2)15-13(14)16(3)9-11-5-7-12(17-4)8-6-11/h5-8,10H,9H2,1-4H3,(H2,14,15). The van der Waals surface area contributed by atoms with Crippen molar-refractivity contribution in [2.45, 2.75) is 26.4 Å². The average molecular weight is 235 g/mol. The van der Waals surface area contributed by atoms with E-state index in [1.807, 2.05) is 50.1 Å². The Bertz CT molecular complexity index is 371. The van der Waals surface area contributed by atoms with Crippen LogP contribution in [-0.4, -0.2) is 31.1 Å². The smallest absolute Gasteiger partial charge is 0.191 e. The van der Waals surface area contributed by atoms with Gasteiger partial charge in [-0.15, -0.1) is 0 Å². The van der Waals surface area contributed by atoms with Gasteiger partial charge in [-0.2, -0.15) is 0 Å². The molecule has 0 spiro atoms. The third kappa shape index (κ3) is 4.34. The molecule has 94 valence electrons. The van der Waals surface area contributed by atoms with Gasteiger partial charge in [-0.05, 0) is 31.5 Å². The van der Waals surface area contributed by atoms with Crippen molar-refractivity contribution in [2.24, 2.45) is 10.7 Å². The number of nitrogens with zero attached hydrogens (tertiary/aromatic N) is 2. The normalized spacial score (nSPS) is 11.7. The summed E-state index contributed by atoms with van der Waals surface area (Å²) in [6.45, 7) is 4.76. The number of guanidine groups is 1. The van der Waals surface area contributed by atoms with Crippen molar-refractivity contribution in [3.05, 3.63) is 29.8 Å². The quantitative estimate of drug-likeness (QED) is 0.640. The van der Waals surface area contributed by atoms with Crippen molar-refractivity contribution in [1.29, 1.82) is 0 Å². The monoisotopic (exact) mass is 235 g/mol. The summed E-state index contributed by atoms with van der Waals surface area (Å²) in [5, 5.41) is 0. The lowest BCUT2D eigenvalue weighted by molar-refractivity contribution is 0.414. The molecule has 0 aliphatic heterocycles. The Balaban J connectivity index is 2.64. The highest BCUT2D eigenvalue weighted by Gasteiger charge is 2.04. The summed E-state index contributed by atoms with van der Waals surface area (Å²) in [6.07, 6.45) is 0. The molecule has 0 bridgehead atoms. The summed E-state index contributed by atoms with van der Waals surface area (Å²) in [4.78, 5) is 6.24. The molecule has 4 heteroatoms. The van der Waals surface area contributed by atoms with E-state index in [1.54, 1.807) is 7.11 Å². The van der Waals surface area contributed by atoms with Crippen LogP contribution in [0.15, 0.2) is 29.3 Å². The zero-order valence-electron chi connectivity index (χ0n) is 11.0. The Kier molecular flexibility index (Phi) is 4.82. The van der Waals surface area contributed by atoms with E-state index >= 15 is 0 Å². The summed E-state index contributed by atoms with van der Waals surface area (Å²) in [5.74, 6) is 1.43. The van der Waals surface area contributed by atoms with E-state index < -0.39 is 0 Å². The van der Waals surface area contributed by atoms with Gasteiger partial charge in [0.25, 0.3) is 0 Å². The molecule has 17 heavy (non-hydrogen) atoms. The number of hydrogen-bond acceptors (Lipinski definition) is 2. The molecule has 1 aromatic rings. The van der Waals surface area contributed by atoms with Crippen molar-refractivity contribution in [3.63, 3.8) is 0 Å². The molecule has 0 radical (unpaired) electrons. The Labute approximate surface area is 103 Å². The molecule has 2 N–H and O–H groups in total. The zero-order valence-corrected chi connectivity index (χ0v) is 11.0. The second-order valence-corrected chi connectivity index (χ2v) is 4.29. The average Bonchev–Trinajstić information content (AvgIpc) is 2.29. The summed E-state index contributed by atoms with van der Waals surface area (Å²) < 4.78 is 5.11. The summed E-state index contributed by atoms with van der Waals surface area (Å²) in [7, 11) is 3.60. The first-order valence-corrected chi connectivity index (χ1v) is 5.70. The highest BCUT2D eigenvalue weighted by Crippen LogP contribution is 2.12. The highest BCUT2D eigenvalue weighted by atomic mass is 16.5. The number of rotatable bonds is 4. The molecule has 0 fully saturated rings. The largest absolute Gasteiger partial charge is 0.497 e. The lowest BCUT2D eigenvalue weighted by Crippen LogP contribution is -2.34. The second kappa shape index (κ2) is 6.13. The minimum absolute atomic E-state index is 0.216. The Morgan fingerprint density at radius 2 is 1.94 bits per heavy atom. The van der Waals surface area contributed by atoms with Gasteiger partial charge in [-0.3, -0.25) is 4.99 Å². The maximum atomic E-state index is 5.87. The van der Waals surface area contributed by atoms with Crippen molar-refractivity contribution < 1.29 is 4.74 Å². The Morgan fingerprint density at radius 3 is 2.41 bits per heavy atom. The van der Waals surface area contributed by atoms with Gasteiger partial charge >= 0.3 is 0 Å². The van der Waals surface area contributed by atoms with Crippen LogP contribution in [0, 0.1) is 0 Å². The van der Waals surface area contributed by atoms with E-state index in [1.165, 1.54) is 5.56 Å². The summed E-state index contributed by atoms with van der Waals surface area (Å²) in [6, 6.07) is 8.15. The second-order valence-electron chi connectivity index (χ2n) is 4.29. The molecule has 0 amide bonds. The first kappa shape index (κ1) is 13.4. The number of methoxy groups -OCH3 is 1. The van der Waals surface area contributed by atoms with E-state index in [2.05, 4.69) is 4.99 Å². The first-order valence-electron chi connectivity index (χ1n) is 5.70. The van der Waals surface area contributed by atoms with Crippen molar-refractivity contribution in [3.8, 4) is 5.75 Å². The van der Waals surface area contributed by atoms with E-state index in [0.717, 1.165) is 12.3 Å². The van der Waals surface area contributed by atoms with Gasteiger partial charge in [0.1, 0.15) is 5.75 Å². The minimum Gasteiger partial charge on any atom is -0.497 e. The van der Waals surface area contributed by atoms with Crippen LogP contribution in [0.4, 0.5) is 0 Å². The minimum atomic E-state index is 0.216. The maximum Gasteiger partial charge on any atom is 0.191 e. The van der Waals surface area contributed by atoms with Crippen LogP contribution in [0.5, 0.6) is 5.75 Å². The van der Waals surface area contributed by atoms with Gasteiger partial charge in [-0.1, -0.05) is 12.1 Å². The molecule has 0 aliphatic carbocycles. The number of hydrogen-bond donors (Lipinski definition) is 1. The molecule has 0 aliphatic rings. The molecule has 1 aromatic carbocycles. The molecular formula is C13H21N3O. The topological polar surface area (TPSA) is 50.9 Å². The number of aliphatic imine (C=N–C) groups is 1. The van der Waals surface area contributed by atoms with E-state index in [9.17, 15) is 0 Å². The molecule has 4 nitrogen and oxygen atoms in total. The van der Waals surface area contributed by atoms with Gasteiger partial charge < -0.3 is 15.4 Å². The predicted molar refractivity (Wildman–Crippen MR) is 71.2 cm³/mol. The van der Waals surface area contributed by atoms with Crippen LogP contribution in [0.3, 0.4) is 0 Å². The first-order chi connectivity index (χ1) is 8.02. The molecular weight excluding hydrogens is 214 g/mol. The SMILES string of the molecule is COc1ccc(CN(C)C(N)=NC(C)C)cc1. The van der Waals surface area contributed by atoms with Crippen LogP contribution in [0.25, 0.3) is 0 Å². The molecule has 0 saturated heterocycles. The summed E-state index contributed by atoms with van der Waals surface area (Å²) in [5.41, 5.74) is 7.05. The van der Waals surface area contributed by atoms with Gasteiger partial charge in [-0.25, -0.2) is 0 Å². The fourth-order valence-electron chi connectivity index (χ4n) is 1.45. The zero-order chi connectivity index (χ0) is 12.8. The fourth-order valence-corrected chi connectivity index (χ4v) is 1.45. The Morgan fingerprint density at radius 1 is 1.35 bits per heavy atom. The summed E-state index contributed by atoms with van der Waals surface area (Å²) >= 11 is 0. The molecule has 0 atom stereocenters. The third-order valence-electron chi connectivity index (χ3n) is 2.36. The number of benzene rings is 1. The van der Waals surface area contributed by atoms with Gasteiger partial charge in [0.2, 0.25) is 0 Å². The number of nitrogens with two attached hydrogens (primary N) is 1. The van der Waals surface area contributed by atoms with Gasteiger partial charge in [0.15, 0.2) is 5.96 Å². The number of ether oxygens (including phenoxy) is 1.